The van der Waals surface area contributed by atoms with Crippen LogP contribution in [0.25, 0.3) is 0 Å². The Kier molecular flexibility index (Phi) is 5.69. The molecule has 0 saturated carbocycles. The first-order valence-electron chi connectivity index (χ1n) is 5.68. The number of ether oxygens (including phenoxy) is 2. The summed E-state index contributed by atoms with van der Waals surface area (Å²) >= 11 is 3.18. The van der Waals surface area contributed by atoms with Crippen molar-refractivity contribution in [3.05, 3.63) is 33.3 Å². The summed E-state index contributed by atoms with van der Waals surface area (Å²) in [5.74, 6) is -1.41. The Morgan fingerprint density at radius 3 is 2.11 bits per heavy atom. The molecule has 19 heavy (non-hydrogen) atoms. The third-order valence-corrected chi connectivity index (χ3v) is 2.93. The molecule has 0 N–H and O–H groups in total. The van der Waals surface area contributed by atoms with E-state index in [0.29, 0.717) is 10.8 Å². The summed E-state index contributed by atoms with van der Waals surface area (Å²) in [5, 5.41) is 0. The summed E-state index contributed by atoms with van der Waals surface area (Å²) in [6.45, 7) is 3.60. The molecule has 0 aromatic heterocycles. The maximum absolute atomic E-state index is 11.9. The Hall–Kier alpha value is -1.69. The van der Waals surface area contributed by atoms with E-state index in [9.17, 15) is 14.4 Å². The van der Waals surface area contributed by atoms with Gasteiger partial charge in [-0.05, 0) is 41.9 Å². The molecule has 1 rings (SSSR count). The van der Waals surface area contributed by atoms with Crippen LogP contribution in [0.5, 0.6) is 0 Å². The molecule has 1 aromatic rings. The van der Waals surface area contributed by atoms with E-state index in [1.165, 1.54) is 12.1 Å². The Balaban J connectivity index is 3.44. The minimum atomic E-state index is -0.728. The molecule has 102 valence electrons. The highest BCUT2D eigenvalue weighted by molar-refractivity contribution is 9.10. The average Bonchev–Trinajstić information content (AvgIpc) is 2.38. The number of benzene rings is 1. The van der Waals surface area contributed by atoms with E-state index in [2.05, 4.69) is 15.9 Å². The first-order valence-corrected chi connectivity index (χ1v) is 6.48. The van der Waals surface area contributed by atoms with Crippen LogP contribution in [0.1, 0.15) is 44.9 Å². The van der Waals surface area contributed by atoms with Crippen molar-refractivity contribution in [3.63, 3.8) is 0 Å². The van der Waals surface area contributed by atoms with Gasteiger partial charge in [0.15, 0.2) is 6.29 Å². The minimum absolute atomic E-state index is 0.00454. The number of esters is 2. The Labute approximate surface area is 119 Å². The highest BCUT2D eigenvalue weighted by atomic mass is 79.9. The molecular weight excluding hydrogens is 316 g/mol. The topological polar surface area (TPSA) is 69.7 Å². The van der Waals surface area contributed by atoms with Crippen molar-refractivity contribution in [1.82, 2.24) is 0 Å². The third kappa shape index (κ3) is 3.41. The third-order valence-electron chi connectivity index (χ3n) is 2.27. The summed E-state index contributed by atoms with van der Waals surface area (Å²) in [7, 11) is 0. The van der Waals surface area contributed by atoms with Gasteiger partial charge in [-0.25, -0.2) is 9.59 Å². The van der Waals surface area contributed by atoms with Crippen molar-refractivity contribution in [1.29, 1.82) is 0 Å². The Morgan fingerprint density at radius 2 is 1.63 bits per heavy atom. The van der Waals surface area contributed by atoms with E-state index in [1.54, 1.807) is 13.8 Å². The van der Waals surface area contributed by atoms with Crippen LogP contribution in [0.4, 0.5) is 0 Å². The van der Waals surface area contributed by atoms with Gasteiger partial charge in [0.2, 0.25) is 0 Å². The maximum Gasteiger partial charge on any atom is 0.340 e. The molecule has 6 heteroatoms. The van der Waals surface area contributed by atoms with Gasteiger partial charge >= 0.3 is 11.9 Å². The molecule has 0 saturated heterocycles. The summed E-state index contributed by atoms with van der Waals surface area (Å²) in [6, 6.07) is 2.95. The second-order valence-electron chi connectivity index (χ2n) is 3.45. The van der Waals surface area contributed by atoms with Crippen LogP contribution in [-0.4, -0.2) is 31.4 Å². The van der Waals surface area contributed by atoms with Crippen molar-refractivity contribution in [3.8, 4) is 0 Å². The molecule has 0 fully saturated rings. The van der Waals surface area contributed by atoms with Crippen molar-refractivity contribution in [2.75, 3.05) is 13.2 Å². The SMILES string of the molecule is CCOC(=O)c1c(Br)ccc(C=O)c1C(=O)OCC. The normalized spacial score (nSPS) is 9.84. The van der Waals surface area contributed by atoms with E-state index in [1.807, 2.05) is 0 Å². The van der Waals surface area contributed by atoms with Crippen LogP contribution >= 0.6 is 15.9 Å². The minimum Gasteiger partial charge on any atom is -0.462 e. The number of aldehydes is 1. The number of hydrogen-bond donors (Lipinski definition) is 0. The molecule has 0 heterocycles. The lowest BCUT2D eigenvalue weighted by molar-refractivity contribution is 0.0477. The lowest BCUT2D eigenvalue weighted by atomic mass is 10.0. The summed E-state index contributed by atoms with van der Waals surface area (Å²) in [6.07, 6.45) is 0.501. The molecule has 0 amide bonds. The average molecular weight is 329 g/mol. The van der Waals surface area contributed by atoms with Crippen molar-refractivity contribution < 1.29 is 23.9 Å². The van der Waals surface area contributed by atoms with Crippen molar-refractivity contribution >= 4 is 34.2 Å². The standard InChI is InChI=1S/C13H13BrO5/c1-3-18-12(16)10-8(7-15)5-6-9(14)11(10)13(17)19-4-2/h5-7H,3-4H2,1-2H3. The second-order valence-corrected chi connectivity index (χ2v) is 4.30. The first-order chi connectivity index (χ1) is 9.06. The van der Waals surface area contributed by atoms with Gasteiger partial charge < -0.3 is 9.47 Å². The van der Waals surface area contributed by atoms with Crippen molar-refractivity contribution in [2.45, 2.75) is 13.8 Å². The van der Waals surface area contributed by atoms with E-state index in [-0.39, 0.29) is 29.9 Å². The molecule has 0 spiro atoms. The van der Waals surface area contributed by atoms with Gasteiger partial charge in [-0.15, -0.1) is 0 Å². The fourth-order valence-corrected chi connectivity index (χ4v) is 2.01. The predicted octanol–water partition coefficient (Wildman–Crippen LogP) is 2.62. The zero-order valence-corrected chi connectivity index (χ0v) is 12.2. The van der Waals surface area contributed by atoms with Crippen LogP contribution < -0.4 is 0 Å². The van der Waals surface area contributed by atoms with Crippen LogP contribution in [0.3, 0.4) is 0 Å². The molecule has 0 bridgehead atoms. The monoisotopic (exact) mass is 328 g/mol. The molecule has 0 atom stereocenters. The quantitative estimate of drug-likeness (QED) is 0.613. The molecule has 0 aliphatic rings. The Bertz CT molecular complexity index is 510. The lowest BCUT2D eigenvalue weighted by Crippen LogP contribution is -2.17. The summed E-state index contributed by atoms with van der Waals surface area (Å²) in [5.41, 5.74) is 0.0132. The number of hydrogen-bond acceptors (Lipinski definition) is 5. The van der Waals surface area contributed by atoms with Gasteiger partial charge in [0.25, 0.3) is 0 Å². The molecule has 0 radical (unpaired) electrons. The van der Waals surface area contributed by atoms with Crippen LogP contribution in [-0.2, 0) is 9.47 Å². The van der Waals surface area contributed by atoms with Gasteiger partial charge in [0, 0.05) is 10.0 Å². The fourth-order valence-electron chi connectivity index (χ4n) is 1.52. The van der Waals surface area contributed by atoms with E-state index in [0.717, 1.165) is 0 Å². The molecule has 0 aliphatic carbocycles. The largest absolute Gasteiger partial charge is 0.462 e. The molecule has 0 unspecified atom stereocenters. The highest BCUT2D eigenvalue weighted by Crippen LogP contribution is 2.25. The molecule has 1 aromatic carbocycles. The summed E-state index contributed by atoms with van der Waals surface area (Å²) < 4.78 is 10.1. The summed E-state index contributed by atoms with van der Waals surface area (Å²) in [4.78, 5) is 34.8. The van der Waals surface area contributed by atoms with Crippen LogP contribution in [0.15, 0.2) is 16.6 Å². The van der Waals surface area contributed by atoms with Gasteiger partial charge in [-0.1, -0.05) is 0 Å². The van der Waals surface area contributed by atoms with Gasteiger partial charge in [-0.2, -0.15) is 0 Å². The predicted molar refractivity (Wildman–Crippen MR) is 71.4 cm³/mol. The first kappa shape index (κ1) is 15.4. The highest BCUT2D eigenvalue weighted by Gasteiger charge is 2.25. The van der Waals surface area contributed by atoms with Crippen LogP contribution in [0.2, 0.25) is 0 Å². The smallest absolute Gasteiger partial charge is 0.340 e. The van der Waals surface area contributed by atoms with Crippen LogP contribution in [0, 0.1) is 0 Å². The number of rotatable bonds is 5. The number of halogens is 1. The number of carbonyl (C=O) groups is 3. The molecule has 5 nitrogen and oxygen atoms in total. The maximum atomic E-state index is 11.9. The zero-order valence-electron chi connectivity index (χ0n) is 10.6. The van der Waals surface area contributed by atoms with Crippen molar-refractivity contribution in [2.24, 2.45) is 0 Å². The lowest BCUT2D eigenvalue weighted by Gasteiger charge is -2.12. The molecular formula is C13H13BrO5. The van der Waals surface area contributed by atoms with Gasteiger partial charge in [0.05, 0.1) is 24.3 Å². The van der Waals surface area contributed by atoms with E-state index < -0.39 is 11.9 Å². The van der Waals surface area contributed by atoms with E-state index >= 15 is 0 Å². The van der Waals surface area contributed by atoms with E-state index in [4.69, 9.17) is 9.47 Å². The number of carbonyl (C=O) groups excluding carboxylic acids is 3. The van der Waals surface area contributed by atoms with Gasteiger partial charge in [-0.3, -0.25) is 4.79 Å². The molecule has 0 aliphatic heterocycles. The van der Waals surface area contributed by atoms with Gasteiger partial charge in [0.1, 0.15) is 0 Å². The fraction of sp³-hybridized carbons (Fsp3) is 0.308. The second kappa shape index (κ2) is 7.04. The zero-order chi connectivity index (χ0) is 14.4. The Morgan fingerprint density at radius 1 is 1.11 bits per heavy atom.